The number of halogens is 3. The number of rotatable bonds is 6. The third-order valence-electron chi connectivity index (χ3n) is 6.81. The van der Waals surface area contributed by atoms with Crippen LogP contribution in [0, 0.1) is 0 Å². The molecular weight excluding hydrogens is 340 g/mol. The van der Waals surface area contributed by atoms with Gasteiger partial charge in [-0.15, -0.1) is 0 Å². The van der Waals surface area contributed by atoms with Crippen molar-refractivity contribution in [2.75, 3.05) is 0 Å². The minimum absolute atomic E-state index is 0.176. The molecule has 1 heterocycles. The van der Waals surface area contributed by atoms with Gasteiger partial charge in [0.15, 0.2) is 0 Å². The summed E-state index contributed by atoms with van der Waals surface area (Å²) < 4.78 is 52.8. The molecule has 6 heteroatoms. The van der Waals surface area contributed by atoms with Crippen LogP contribution in [0.4, 0.5) is 13.2 Å². The molecule has 1 aromatic rings. The molecule has 1 saturated heterocycles. The Morgan fingerprint density at radius 3 is 1.58 bits per heavy atom. The van der Waals surface area contributed by atoms with Gasteiger partial charge in [-0.25, -0.2) is 0 Å². The average Bonchev–Trinajstić information content (AvgIpc) is 3.39. The van der Waals surface area contributed by atoms with Gasteiger partial charge in [0.1, 0.15) is 0 Å². The van der Waals surface area contributed by atoms with Gasteiger partial charge in [0.2, 0.25) is 0 Å². The fourth-order valence-corrected chi connectivity index (χ4v) is 4.73. The molecule has 0 aromatic heterocycles. The van der Waals surface area contributed by atoms with Crippen molar-refractivity contribution in [3.8, 4) is 0 Å². The highest BCUT2D eigenvalue weighted by Gasteiger charge is 2.64. The van der Waals surface area contributed by atoms with Crippen LogP contribution < -0.4 is 5.46 Å². The van der Waals surface area contributed by atoms with Crippen LogP contribution >= 0.6 is 0 Å². The van der Waals surface area contributed by atoms with Crippen molar-refractivity contribution in [3.63, 3.8) is 0 Å². The third-order valence-corrected chi connectivity index (χ3v) is 6.81. The minimum atomic E-state index is -4.19. The molecule has 1 aromatic carbocycles. The summed E-state index contributed by atoms with van der Waals surface area (Å²) >= 11 is 0. The minimum Gasteiger partial charge on any atom is -0.399 e. The lowest BCUT2D eigenvalue weighted by Gasteiger charge is -2.42. The summed E-state index contributed by atoms with van der Waals surface area (Å²) in [5, 5.41) is 0. The van der Waals surface area contributed by atoms with E-state index in [1.165, 1.54) is 0 Å². The Kier molecular flexibility index (Phi) is 4.98. The molecule has 0 amide bonds. The summed E-state index contributed by atoms with van der Waals surface area (Å²) in [4.78, 5) is 0. The lowest BCUT2D eigenvalue weighted by Crippen LogP contribution is -2.50. The molecule has 0 spiro atoms. The van der Waals surface area contributed by atoms with Crippen LogP contribution in [-0.2, 0) is 14.7 Å². The summed E-state index contributed by atoms with van der Waals surface area (Å²) in [6.45, 7) is 8.44. The van der Waals surface area contributed by atoms with Crippen LogP contribution in [0.5, 0.6) is 0 Å². The second-order valence-corrected chi connectivity index (χ2v) is 7.67. The van der Waals surface area contributed by atoms with Gasteiger partial charge in [-0.3, -0.25) is 0 Å². The smallest absolute Gasteiger partial charge is 0.399 e. The molecular formula is C20H28BF3O2. The van der Waals surface area contributed by atoms with E-state index in [1.807, 2.05) is 0 Å². The Balaban J connectivity index is 1.87. The van der Waals surface area contributed by atoms with Crippen molar-refractivity contribution < 1.29 is 22.5 Å². The lowest BCUT2D eigenvalue weighted by molar-refractivity contribution is -0.160. The zero-order valence-corrected chi connectivity index (χ0v) is 16.1. The second kappa shape index (κ2) is 6.56. The molecule has 1 aliphatic heterocycles. The normalized spacial score (nSPS) is 23.3. The van der Waals surface area contributed by atoms with Crippen LogP contribution in [0.3, 0.4) is 0 Å². The van der Waals surface area contributed by atoms with Gasteiger partial charge < -0.3 is 9.31 Å². The molecule has 26 heavy (non-hydrogen) atoms. The fraction of sp³-hybridized carbons (Fsp3) is 0.700. The summed E-state index contributed by atoms with van der Waals surface area (Å²) in [6.07, 6.45) is -0.457. The average molecular weight is 368 g/mol. The van der Waals surface area contributed by atoms with E-state index in [1.54, 1.807) is 24.3 Å². The van der Waals surface area contributed by atoms with E-state index < -0.39 is 18.7 Å². The monoisotopic (exact) mass is 368 g/mol. The molecule has 2 nitrogen and oxygen atoms in total. The van der Waals surface area contributed by atoms with E-state index in [9.17, 15) is 13.2 Å². The fourth-order valence-electron chi connectivity index (χ4n) is 4.73. The highest BCUT2D eigenvalue weighted by atomic mass is 19.4. The molecule has 0 N–H and O–H groups in total. The lowest BCUT2D eigenvalue weighted by atomic mass is 9.75. The van der Waals surface area contributed by atoms with Gasteiger partial charge in [0.05, 0.1) is 16.6 Å². The maximum absolute atomic E-state index is 13.3. The van der Waals surface area contributed by atoms with E-state index in [0.29, 0.717) is 5.56 Å². The summed E-state index contributed by atoms with van der Waals surface area (Å²) in [6, 6.07) is 6.67. The van der Waals surface area contributed by atoms with Crippen molar-refractivity contribution >= 4 is 12.6 Å². The van der Waals surface area contributed by atoms with Crippen LogP contribution in [0.25, 0.3) is 0 Å². The van der Waals surface area contributed by atoms with Crippen LogP contribution in [0.1, 0.15) is 71.8 Å². The SMILES string of the molecule is CCC1(CC)OB(c2ccc(C3(C(F)(F)F)CC3)cc2)OC1(CC)CC. The van der Waals surface area contributed by atoms with Crippen LogP contribution in [0.15, 0.2) is 24.3 Å². The Morgan fingerprint density at radius 1 is 0.846 bits per heavy atom. The molecule has 1 saturated carbocycles. The first-order chi connectivity index (χ1) is 12.2. The Labute approximate surface area is 154 Å². The number of hydrogen-bond acceptors (Lipinski definition) is 2. The molecule has 0 unspecified atom stereocenters. The predicted molar refractivity (Wildman–Crippen MR) is 97.6 cm³/mol. The molecule has 1 aliphatic carbocycles. The molecule has 2 fully saturated rings. The van der Waals surface area contributed by atoms with Crippen molar-refractivity contribution in [1.82, 2.24) is 0 Å². The molecule has 0 radical (unpaired) electrons. The highest BCUT2D eigenvalue weighted by Crippen LogP contribution is 2.58. The van der Waals surface area contributed by atoms with Gasteiger partial charge in [-0.1, -0.05) is 52.0 Å². The van der Waals surface area contributed by atoms with Gasteiger partial charge in [0, 0.05) is 0 Å². The molecule has 2 aliphatic rings. The highest BCUT2D eigenvalue weighted by molar-refractivity contribution is 6.62. The number of hydrogen-bond donors (Lipinski definition) is 0. The van der Waals surface area contributed by atoms with Crippen molar-refractivity contribution in [2.45, 2.75) is 89.0 Å². The summed E-state index contributed by atoms with van der Waals surface area (Å²) in [5.74, 6) is 0. The quantitative estimate of drug-likeness (QED) is 0.648. The second-order valence-electron chi connectivity index (χ2n) is 7.67. The zero-order chi connectivity index (χ0) is 19.2. The summed E-state index contributed by atoms with van der Waals surface area (Å²) in [5.41, 5.74) is -1.22. The summed E-state index contributed by atoms with van der Waals surface area (Å²) in [7, 11) is -0.523. The largest absolute Gasteiger partial charge is 0.494 e. The van der Waals surface area contributed by atoms with E-state index in [4.69, 9.17) is 9.31 Å². The first-order valence-corrected chi connectivity index (χ1v) is 9.76. The topological polar surface area (TPSA) is 18.5 Å². The first kappa shape index (κ1) is 19.7. The van der Waals surface area contributed by atoms with E-state index >= 15 is 0 Å². The molecule has 0 atom stereocenters. The maximum atomic E-state index is 13.3. The molecule has 144 valence electrons. The number of alkyl halides is 3. The van der Waals surface area contributed by atoms with Gasteiger partial charge >= 0.3 is 13.3 Å². The predicted octanol–water partition coefficient (Wildman–Crippen LogP) is 5.14. The van der Waals surface area contributed by atoms with E-state index in [-0.39, 0.29) is 24.0 Å². The molecule has 0 bridgehead atoms. The Bertz CT molecular complexity index is 609. The van der Waals surface area contributed by atoms with E-state index in [2.05, 4.69) is 27.7 Å². The number of benzene rings is 1. The zero-order valence-electron chi connectivity index (χ0n) is 16.1. The van der Waals surface area contributed by atoms with Crippen molar-refractivity contribution in [3.05, 3.63) is 29.8 Å². The van der Waals surface area contributed by atoms with Crippen molar-refractivity contribution in [1.29, 1.82) is 0 Å². The van der Waals surface area contributed by atoms with Gasteiger partial charge in [-0.2, -0.15) is 13.2 Å². The van der Waals surface area contributed by atoms with Crippen LogP contribution in [-0.4, -0.2) is 24.5 Å². The van der Waals surface area contributed by atoms with Gasteiger partial charge in [-0.05, 0) is 49.6 Å². The van der Waals surface area contributed by atoms with Gasteiger partial charge in [0.25, 0.3) is 0 Å². The maximum Gasteiger partial charge on any atom is 0.494 e. The van der Waals surface area contributed by atoms with Crippen LogP contribution in [0.2, 0.25) is 0 Å². The third kappa shape index (κ3) is 2.72. The van der Waals surface area contributed by atoms with Crippen molar-refractivity contribution in [2.24, 2.45) is 0 Å². The Hall–Kier alpha value is -1.01. The molecule has 3 rings (SSSR count). The first-order valence-electron chi connectivity index (χ1n) is 9.76. The standard InChI is InChI=1S/C20H28BF3O2/c1-5-18(6-2)19(7-3,8-4)26-21(25-18)16-11-9-15(10-12-16)17(13-14-17)20(22,23)24/h9-12H,5-8,13-14H2,1-4H3. The van der Waals surface area contributed by atoms with E-state index in [0.717, 1.165) is 31.1 Å². The Morgan fingerprint density at radius 2 is 1.27 bits per heavy atom.